The Morgan fingerprint density at radius 1 is 1.26 bits per heavy atom. The zero-order valence-corrected chi connectivity index (χ0v) is 11.1. The lowest BCUT2D eigenvalue weighted by Crippen LogP contribution is -2.07. The molecular formula is C16H16FNO. The molecule has 0 saturated heterocycles. The smallest absolute Gasteiger partial charge is 0.166 e. The highest BCUT2D eigenvalue weighted by molar-refractivity contribution is 5.97. The number of rotatable bonds is 4. The zero-order chi connectivity index (χ0) is 13.8. The maximum absolute atomic E-state index is 13.9. The molecule has 19 heavy (non-hydrogen) atoms. The van der Waals surface area contributed by atoms with Gasteiger partial charge >= 0.3 is 0 Å². The second-order valence-corrected chi connectivity index (χ2v) is 4.68. The van der Waals surface area contributed by atoms with Crippen LogP contribution in [0.3, 0.4) is 0 Å². The van der Waals surface area contributed by atoms with E-state index >= 15 is 0 Å². The Morgan fingerprint density at radius 2 is 2.05 bits per heavy atom. The largest absolute Gasteiger partial charge is 0.294 e. The molecule has 1 aromatic carbocycles. The zero-order valence-electron chi connectivity index (χ0n) is 11.1. The molecule has 0 aliphatic rings. The Kier molecular flexibility index (Phi) is 4.05. The van der Waals surface area contributed by atoms with Crippen molar-refractivity contribution in [3.05, 3.63) is 64.7 Å². The van der Waals surface area contributed by atoms with E-state index in [-0.39, 0.29) is 17.8 Å². The molecule has 0 atom stereocenters. The average Bonchev–Trinajstić information content (AvgIpc) is 2.36. The van der Waals surface area contributed by atoms with Crippen molar-refractivity contribution in [3.8, 4) is 0 Å². The summed E-state index contributed by atoms with van der Waals surface area (Å²) in [5.41, 5.74) is 2.59. The molecule has 2 aromatic rings. The van der Waals surface area contributed by atoms with Crippen LogP contribution >= 0.6 is 0 Å². The lowest BCUT2D eigenvalue weighted by atomic mass is 9.98. The monoisotopic (exact) mass is 257 g/mol. The molecule has 2 rings (SSSR count). The van der Waals surface area contributed by atoms with E-state index in [0.29, 0.717) is 12.0 Å². The number of hydrogen-bond donors (Lipinski definition) is 0. The van der Waals surface area contributed by atoms with Crippen LogP contribution in [0, 0.1) is 19.7 Å². The van der Waals surface area contributed by atoms with Gasteiger partial charge in [0.15, 0.2) is 5.78 Å². The minimum absolute atomic E-state index is 0.166. The molecule has 3 heteroatoms. The number of carbonyl (C=O) groups is 1. The van der Waals surface area contributed by atoms with E-state index in [1.54, 1.807) is 13.1 Å². The summed E-state index contributed by atoms with van der Waals surface area (Å²) in [6.07, 6.45) is 2.50. The summed E-state index contributed by atoms with van der Waals surface area (Å²) in [7, 11) is 0. The second-order valence-electron chi connectivity index (χ2n) is 4.68. The van der Waals surface area contributed by atoms with Crippen LogP contribution in [0.5, 0.6) is 0 Å². The van der Waals surface area contributed by atoms with Gasteiger partial charge in [-0.1, -0.05) is 12.1 Å². The van der Waals surface area contributed by atoms with Gasteiger partial charge in [-0.05, 0) is 49.6 Å². The summed E-state index contributed by atoms with van der Waals surface area (Å²) < 4.78 is 13.9. The first kappa shape index (κ1) is 13.4. The lowest BCUT2D eigenvalue weighted by Gasteiger charge is -2.07. The van der Waals surface area contributed by atoms with Crippen LogP contribution in [0.1, 0.15) is 33.6 Å². The predicted molar refractivity (Wildman–Crippen MR) is 72.8 cm³/mol. The number of hydrogen-bond acceptors (Lipinski definition) is 2. The van der Waals surface area contributed by atoms with Crippen LogP contribution in [0.4, 0.5) is 4.39 Å². The van der Waals surface area contributed by atoms with Gasteiger partial charge in [-0.15, -0.1) is 0 Å². The van der Waals surface area contributed by atoms with Crippen molar-refractivity contribution in [3.63, 3.8) is 0 Å². The molecule has 0 spiro atoms. The topological polar surface area (TPSA) is 30.0 Å². The van der Waals surface area contributed by atoms with Gasteiger partial charge in [0, 0.05) is 18.3 Å². The number of aromatic nitrogens is 1. The molecule has 0 radical (unpaired) electrons. The van der Waals surface area contributed by atoms with Gasteiger partial charge in [0.25, 0.3) is 0 Å². The number of carbonyl (C=O) groups excluding carboxylic acids is 1. The van der Waals surface area contributed by atoms with Crippen LogP contribution < -0.4 is 0 Å². The number of ketones is 1. The highest BCUT2D eigenvalue weighted by Gasteiger charge is 2.15. The van der Waals surface area contributed by atoms with Crippen LogP contribution in [-0.4, -0.2) is 10.8 Å². The number of Topliss-reactive ketones (excluding diaryl/α,β-unsaturated/α-hetero) is 1. The van der Waals surface area contributed by atoms with Gasteiger partial charge in [-0.25, -0.2) is 4.39 Å². The Morgan fingerprint density at radius 3 is 2.68 bits per heavy atom. The van der Waals surface area contributed by atoms with E-state index in [4.69, 9.17) is 0 Å². The van der Waals surface area contributed by atoms with E-state index in [1.807, 2.05) is 31.2 Å². The van der Waals surface area contributed by atoms with E-state index in [1.165, 1.54) is 6.07 Å². The summed E-state index contributed by atoms with van der Waals surface area (Å²) in [5.74, 6) is -0.593. The molecule has 0 bridgehead atoms. The number of aryl methyl sites for hydroxylation is 3. The first-order valence-corrected chi connectivity index (χ1v) is 6.28. The van der Waals surface area contributed by atoms with Crippen LogP contribution in [0.25, 0.3) is 0 Å². The fourth-order valence-corrected chi connectivity index (χ4v) is 2.18. The SMILES string of the molecule is Cc1cc(C)c(C(=O)CCc2ccccn2)c(F)c1. The minimum Gasteiger partial charge on any atom is -0.294 e. The van der Waals surface area contributed by atoms with Crippen LogP contribution in [0.2, 0.25) is 0 Å². The lowest BCUT2D eigenvalue weighted by molar-refractivity contribution is 0.0978. The molecule has 1 heterocycles. The molecular weight excluding hydrogens is 241 g/mol. The molecule has 0 N–H and O–H groups in total. The Bertz CT molecular complexity index is 570. The molecule has 1 aromatic heterocycles. The quantitative estimate of drug-likeness (QED) is 0.782. The van der Waals surface area contributed by atoms with Gasteiger partial charge in [0.2, 0.25) is 0 Å². The van der Waals surface area contributed by atoms with E-state index < -0.39 is 5.82 Å². The third-order valence-corrected chi connectivity index (χ3v) is 3.04. The first-order valence-electron chi connectivity index (χ1n) is 6.28. The van der Waals surface area contributed by atoms with Crippen molar-refractivity contribution in [2.75, 3.05) is 0 Å². The van der Waals surface area contributed by atoms with Crippen molar-refractivity contribution in [1.29, 1.82) is 0 Å². The Hall–Kier alpha value is -2.03. The number of pyridine rings is 1. The highest BCUT2D eigenvalue weighted by atomic mass is 19.1. The van der Waals surface area contributed by atoms with Gasteiger partial charge in [-0.2, -0.15) is 0 Å². The van der Waals surface area contributed by atoms with Gasteiger partial charge in [0.1, 0.15) is 5.82 Å². The summed E-state index contributed by atoms with van der Waals surface area (Å²) in [6, 6.07) is 8.81. The highest BCUT2D eigenvalue weighted by Crippen LogP contribution is 2.18. The van der Waals surface area contributed by atoms with Gasteiger partial charge < -0.3 is 0 Å². The van der Waals surface area contributed by atoms with Crippen molar-refractivity contribution < 1.29 is 9.18 Å². The summed E-state index contributed by atoms with van der Waals surface area (Å²) >= 11 is 0. The van der Waals surface area contributed by atoms with E-state index in [2.05, 4.69) is 4.98 Å². The molecule has 98 valence electrons. The third-order valence-electron chi connectivity index (χ3n) is 3.04. The maximum Gasteiger partial charge on any atom is 0.166 e. The van der Waals surface area contributed by atoms with Crippen molar-refractivity contribution in [1.82, 2.24) is 4.98 Å². The fourth-order valence-electron chi connectivity index (χ4n) is 2.18. The van der Waals surface area contributed by atoms with Crippen LogP contribution in [-0.2, 0) is 6.42 Å². The molecule has 0 aliphatic carbocycles. The summed E-state index contributed by atoms with van der Waals surface area (Å²) in [4.78, 5) is 16.3. The predicted octanol–water partition coefficient (Wildman–Crippen LogP) is 3.65. The standard InChI is InChI=1S/C16H16FNO/c1-11-9-12(2)16(14(17)10-11)15(19)7-6-13-5-3-4-8-18-13/h3-5,8-10H,6-7H2,1-2H3. The van der Waals surface area contributed by atoms with Crippen molar-refractivity contribution >= 4 is 5.78 Å². The molecule has 2 nitrogen and oxygen atoms in total. The molecule has 0 fully saturated rings. The fraction of sp³-hybridized carbons (Fsp3) is 0.250. The maximum atomic E-state index is 13.9. The average molecular weight is 257 g/mol. The van der Waals surface area contributed by atoms with E-state index in [9.17, 15) is 9.18 Å². The van der Waals surface area contributed by atoms with E-state index in [0.717, 1.165) is 11.3 Å². The molecule has 0 aliphatic heterocycles. The number of benzene rings is 1. The molecule has 0 saturated carbocycles. The normalized spacial score (nSPS) is 10.5. The van der Waals surface area contributed by atoms with Gasteiger partial charge in [0.05, 0.1) is 5.56 Å². The van der Waals surface area contributed by atoms with Crippen molar-refractivity contribution in [2.45, 2.75) is 26.7 Å². The Balaban J connectivity index is 2.13. The number of halogens is 1. The first-order chi connectivity index (χ1) is 9.08. The Labute approximate surface area is 112 Å². The molecule has 0 unspecified atom stereocenters. The second kappa shape index (κ2) is 5.74. The summed E-state index contributed by atoms with van der Waals surface area (Å²) in [6.45, 7) is 3.59. The summed E-state index contributed by atoms with van der Waals surface area (Å²) in [5, 5.41) is 0. The molecule has 0 amide bonds. The minimum atomic E-state index is -0.427. The van der Waals surface area contributed by atoms with Crippen molar-refractivity contribution in [2.24, 2.45) is 0 Å². The van der Waals surface area contributed by atoms with Crippen LogP contribution in [0.15, 0.2) is 36.5 Å². The third kappa shape index (κ3) is 3.25. The van der Waals surface area contributed by atoms with Gasteiger partial charge in [-0.3, -0.25) is 9.78 Å². The number of nitrogens with zero attached hydrogens (tertiary/aromatic N) is 1.